The lowest BCUT2D eigenvalue weighted by molar-refractivity contribution is 0.0670. The molecule has 0 aliphatic rings. The van der Waals surface area contributed by atoms with Gasteiger partial charge in [-0.25, -0.2) is 0 Å². The van der Waals surface area contributed by atoms with E-state index in [1.807, 2.05) is 0 Å². The Morgan fingerprint density at radius 2 is 2.32 bits per heavy atom. The molecule has 1 amide bonds. The molecule has 0 aromatic carbocycles. The molecule has 0 aliphatic carbocycles. The predicted molar refractivity (Wildman–Crippen MR) is 69.5 cm³/mol. The van der Waals surface area contributed by atoms with Gasteiger partial charge < -0.3 is 25.0 Å². The van der Waals surface area contributed by atoms with E-state index in [-0.39, 0.29) is 35.7 Å². The van der Waals surface area contributed by atoms with Gasteiger partial charge in [0.25, 0.3) is 5.91 Å². The molecule has 1 heterocycles. The number of hydrogen-bond donors (Lipinski definition) is 2. The van der Waals surface area contributed by atoms with Crippen LogP contribution in [0.4, 0.5) is 0 Å². The van der Waals surface area contributed by atoms with Crippen molar-refractivity contribution in [2.24, 2.45) is 10.9 Å². The molecular formula is C11H16ClN3O4. The third kappa shape index (κ3) is 4.80. The minimum Gasteiger partial charge on any atom is -0.440 e. The molecule has 106 valence electrons. The van der Waals surface area contributed by atoms with Crippen LogP contribution in [0.2, 0.25) is 5.22 Å². The highest BCUT2D eigenvalue weighted by atomic mass is 35.5. The van der Waals surface area contributed by atoms with E-state index in [1.165, 1.54) is 24.1 Å². The van der Waals surface area contributed by atoms with Gasteiger partial charge in [-0.2, -0.15) is 0 Å². The van der Waals surface area contributed by atoms with Gasteiger partial charge in [0.05, 0.1) is 6.61 Å². The smallest absolute Gasteiger partial charge is 0.289 e. The Kier molecular flexibility index (Phi) is 6.17. The van der Waals surface area contributed by atoms with Crippen LogP contribution in [0.15, 0.2) is 21.7 Å². The van der Waals surface area contributed by atoms with Crippen molar-refractivity contribution in [1.82, 2.24) is 4.90 Å². The van der Waals surface area contributed by atoms with Crippen molar-refractivity contribution in [1.29, 1.82) is 0 Å². The maximum Gasteiger partial charge on any atom is 0.289 e. The summed E-state index contributed by atoms with van der Waals surface area (Å²) < 4.78 is 10.00. The Balaban J connectivity index is 2.69. The number of ether oxygens (including phenoxy) is 1. The molecule has 0 unspecified atom stereocenters. The van der Waals surface area contributed by atoms with Crippen molar-refractivity contribution in [3.05, 3.63) is 23.1 Å². The number of amides is 1. The normalized spacial score (nSPS) is 11.6. The first-order valence-electron chi connectivity index (χ1n) is 5.58. The summed E-state index contributed by atoms with van der Waals surface area (Å²) in [5, 5.41) is 11.5. The monoisotopic (exact) mass is 289 g/mol. The summed E-state index contributed by atoms with van der Waals surface area (Å²) in [6.45, 7) is 1.03. The number of rotatable bonds is 7. The van der Waals surface area contributed by atoms with E-state index in [4.69, 9.17) is 31.7 Å². The van der Waals surface area contributed by atoms with Crippen LogP contribution in [0, 0.1) is 0 Å². The van der Waals surface area contributed by atoms with Gasteiger partial charge in [-0.1, -0.05) is 5.16 Å². The summed E-state index contributed by atoms with van der Waals surface area (Å²) in [6, 6.07) is 2.99. The number of oxime groups is 1. The highest BCUT2D eigenvalue weighted by Crippen LogP contribution is 2.15. The van der Waals surface area contributed by atoms with E-state index in [0.29, 0.717) is 13.2 Å². The number of carbonyl (C=O) groups excluding carboxylic acids is 1. The average molecular weight is 290 g/mol. The van der Waals surface area contributed by atoms with Crippen LogP contribution in [0.1, 0.15) is 17.0 Å². The van der Waals surface area contributed by atoms with Gasteiger partial charge in [0.15, 0.2) is 11.0 Å². The van der Waals surface area contributed by atoms with Gasteiger partial charge in [0, 0.05) is 26.6 Å². The van der Waals surface area contributed by atoms with Gasteiger partial charge in [-0.3, -0.25) is 4.79 Å². The second-order valence-electron chi connectivity index (χ2n) is 3.73. The molecule has 0 fully saturated rings. The summed E-state index contributed by atoms with van der Waals surface area (Å²) in [5.41, 5.74) is 5.38. The molecular weight excluding hydrogens is 274 g/mol. The minimum atomic E-state index is -0.324. The molecule has 7 nitrogen and oxygen atoms in total. The zero-order valence-electron chi connectivity index (χ0n) is 10.5. The molecule has 0 bridgehead atoms. The van der Waals surface area contributed by atoms with Crippen molar-refractivity contribution in [2.75, 3.05) is 26.8 Å². The number of hydrogen-bond acceptors (Lipinski definition) is 5. The number of methoxy groups -OCH3 is 1. The van der Waals surface area contributed by atoms with Crippen molar-refractivity contribution in [3.63, 3.8) is 0 Å². The number of nitrogens with two attached hydrogens (primary N) is 1. The number of furan rings is 1. The van der Waals surface area contributed by atoms with Crippen molar-refractivity contribution in [3.8, 4) is 0 Å². The molecule has 1 rings (SSSR count). The Hall–Kier alpha value is -1.73. The molecule has 0 spiro atoms. The minimum absolute atomic E-state index is 0.0488. The summed E-state index contributed by atoms with van der Waals surface area (Å²) in [7, 11) is 1.54. The molecule has 3 N–H and O–H groups in total. The molecule has 1 aromatic heterocycles. The summed E-state index contributed by atoms with van der Waals surface area (Å²) >= 11 is 5.63. The maximum atomic E-state index is 12.1. The van der Waals surface area contributed by atoms with Crippen LogP contribution in [0.5, 0.6) is 0 Å². The highest BCUT2D eigenvalue weighted by Gasteiger charge is 2.19. The lowest BCUT2D eigenvalue weighted by Gasteiger charge is -2.20. The van der Waals surface area contributed by atoms with Gasteiger partial charge in [0.2, 0.25) is 0 Å². The number of carbonyl (C=O) groups is 1. The number of halogens is 1. The van der Waals surface area contributed by atoms with Crippen LogP contribution in [-0.4, -0.2) is 48.7 Å². The lowest BCUT2D eigenvalue weighted by Crippen LogP contribution is -2.36. The lowest BCUT2D eigenvalue weighted by atomic mass is 10.3. The Morgan fingerprint density at radius 3 is 2.84 bits per heavy atom. The Morgan fingerprint density at radius 1 is 1.58 bits per heavy atom. The van der Waals surface area contributed by atoms with Gasteiger partial charge >= 0.3 is 0 Å². The van der Waals surface area contributed by atoms with Crippen molar-refractivity contribution >= 4 is 23.3 Å². The van der Waals surface area contributed by atoms with Gasteiger partial charge in [-0.05, 0) is 23.7 Å². The largest absolute Gasteiger partial charge is 0.440 e. The molecule has 0 saturated carbocycles. The summed E-state index contributed by atoms with van der Waals surface area (Å²) in [6.07, 6.45) is 0.250. The van der Waals surface area contributed by atoms with Crippen LogP contribution in [0.25, 0.3) is 0 Å². The molecule has 0 aliphatic heterocycles. The van der Waals surface area contributed by atoms with Gasteiger partial charge in [0.1, 0.15) is 5.84 Å². The van der Waals surface area contributed by atoms with Gasteiger partial charge in [-0.15, -0.1) is 0 Å². The fraction of sp³-hybridized carbons (Fsp3) is 0.455. The number of nitrogens with zero attached hydrogens (tertiary/aromatic N) is 2. The fourth-order valence-electron chi connectivity index (χ4n) is 1.40. The van der Waals surface area contributed by atoms with E-state index >= 15 is 0 Å². The maximum absolute atomic E-state index is 12.1. The zero-order chi connectivity index (χ0) is 14.3. The van der Waals surface area contributed by atoms with E-state index in [1.54, 1.807) is 0 Å². The average Bonchev–Trinajstić information content (AvgIpc) is 2.84. The molecule has 0 atom stereocenters. The van der Waals surface area contributed by atoms with Crippen LogP contribution in [0.3, 0.4) is 0 Å². The molecule has 8 heteroatoms. The van der Waals surface area contributed by atoms with Crippen LogP contribution in [-0.2, 0) is 4.74 Å². The predicted octanol–water partition coefficient (Wildman–Crippen LogP) is 1.16. The van der Waals surface area contributed by atoms with E-state index in [0.717, 1.165) is 0 Å². The third-order valence-electron chi connectivity index (χ3n) is 2.40. The third-order valence-corrected chi connectivity index (χ3v) is 2.61. The zero-order valence-corrected chi connectivity index (χ0v) is 11.3. The second kappa shape index (κ2) is 7.65. The number of amidine groups is 1. The Bertz CT molecular complexity index is 447. The SMILES string of the molecule is COCCN(CC/C(N)=N/O)C(=O)c1ccc(Cl)o1. The topological polar surface area (TPSA) is 101 Å². The summed E-state index contributed by atoms with van der Waals surface area (Å²) in [5.74, 6) is -0.136. The van der Waals surface area contributed by atoms with E-state index < -0.39 is 0 Å². The summed E-state index contributed by atoms with van der Waals surface area (Å²) in [4.78, 5) is 13.6. The first-order valence-corrected chi connectivity index (χ1v) is 5.96. The van der Waals surface area contributed by atoms with E-state index in [2.05, 4.69) is 5.16 Å². The molecule has 0 radical (unpaired) electrons. The molecule has 1 aromatic rings. The first-order chi connectivity index (χ1) is 9.08. The van der Waals surface area contributed by atoms with Crippen LogP contribution < -0.4 is 5.73 Å². The Labute approximate surface area is 115 Å². The molecule has 19 heavy (non-hydrogen) atoms. The van der Waals surface area contributed by atoms with Crippen molar-refractivity contribution < 1.29 is 19.2 Å². The first kappa shape index (κ1) is 15.3. The standard InChI is InChI=1S/C11H16ClN3O4/c1-18-7-6-15(5-4-10(13)14-17)11(16)8-2-3-9(12)19-8/h2-3,17H,4-7H2,1H3,(H2,13,14). The highest BCUT2D eigenvalue weighted by molar-refractivity contribution is 6.29. The molecule has 0 saturated heterocycles. The van der Waals surface area contributed by atoms with E-state index in [9.17, 15) is 4.79 Å². The second-order valence-corrected chi connectivity index (χ2v) is 4.10. The fourth-order valence-corrected chi connectivity index (χ4v) is 1.55. The quantitative estimate of drug-likeness (QED) is 0.339. The van der Waals surface area contributed by atoms with Crippen molar-refractivity contribution in [2.45, 2.75) is 6.42 Å². The van der Waals surface area contributed by atoms with Crippen LogP contribution >= 0.6 is 11.6 Å².